The zero-order valence-electron chi connectivity index (χ0n) is 11.6. The number of hydrogen-bond acceptors (Lipinski definition) is 3. The molecule has 0 unspecified atom stereocenters. The van der Waals surface area contributed by atoms with Crippen molar-refractivity contribution in [2.45, 2.75) is 64.6 Å². The van der Waals surface area contributed by atoms with Gasteiger partial charge in [-0.2, -0.15) is 0 Å². The summed E-state index contributed by atoms with van der Waals surface area (Å²) in [6, 6.07) is 0. The predicted octanol–water partition coefficient (Wildman–Crippen LogP) is 2.52. The SMILES string of the molecule is C[C@@H]1C(=O)O[C@H]2[C@H]1CC[C@@]1(C)CCC[C@@](C)(O)[C@H]21. The molecule has 0 spiro atoms. The molecule has 3 heteroatoms. The maximum absolute atomic E-state index is 11.8. The molecular weight excluding hydrogens is 228 g/mol. The Morgan fingerprint density at radius 1 is 1.28 bits per heavy atom. The fraction of sp³-hybridized carbons (Fsp3) is 0.933. The largest absolute Gasteiger partial charge is 0.461 e. The minimum atomic E-state index is -0.680. The van der Waals surface area contributed by atoms with Gasteiger partial charge in [0.15, 0.2) is 0 Å². The highest BCUT2D eigenvalue weighted by molar-refractivity contribution is 5.75. The Morgan fingerprint density at radius 2 is 2.00 bits per heavy atom. The van der Waals surface area contributed by atoms with Gasteiger partial charge in [0.2, 0.25) is 0 Å². The number of carbonyl (C=O) groups is 1. The molecule has 18 heavy (non-hydrogen) atoms. The van der Waals surface area contributed by atoms with Crippen LogP contribution in [-0.4, -0.2) is 22.8 Å². The third kappa shape index (κ3) is 1.56. The van der Waals surface area contributed by atoms with Crippen LogP contribution in [0.5, 0.6) is 0 Å². The van der Waals surface area contributed by atoms with Crippen molar-refractivity contribution in [3.8, 4) is 0 Å². The van der Waals surface area contributed by atoms with Gasteiger partial charge in [0.05, 0.1) is 11.5 Å². The zero-order valence-corrected chi connectivity index (χ0v) is 11.6. The van der Waals surface area contributed by atoms with Gasteiger partial charge in [-0.3, -0.25) is 4.79 Å². The van der Waals surface area contributed by atoms with Crippen molar-refractivity contribution in [1.29, 1.82) is 0 Å². The van der Waals surface area contributed by atoms with Gasteiger partial charge in [-0.25, -0.2) is 0 Å². The minimum absolute atomic E-state index is 0.0114. The van der Waals surface area contributed by atoms with Gasteiger partial charge in [-0.05, 0) is 38.0 Å². The minimum Gasteiger partial charge on any atom is -0.461 e. The average Bonchev–Trinajstić information content (AvgIpc) is 2.52. The fourth-order valence-electron chi connectivity index (χ4n) is 4.96. The summed E-state index contributed by atoms with van der Waals surface area (Å²) >= 11 is 0. The number of ether oxygens (including phenoxy) is 1. The van der Waals surface area contributed by atoms with Crippen LogP contribution in [0.25, 0.3) is 0 Å². The molecule has 0 aromatic carbocycles. The third-order valence-electron chi connectivity index (χ3n) is 5.92. The first-order valence-electron chi connectivity index (χ1n) is 7.28. The van der Waals surface area contributed by atoms with Gasteiger partial charge in [-0.1, -0.05) is 20.3 Å². The third-order valence-corrected chi connectivity index (χ3v) is 5.92. The molecule has 0 bridgehead atoms. The molecule has 102 valence electrons. The Bertz CT molecular complexity index is 376. The van der Waals surface area contributed by atoms with Crippen LogP contribution < -0.4 is 0 Å². The Morgan fingerprint density at radius 3 is 2.72 bits per heavy atom. The van der Waals surface area contributed by atoms with Gasteiger partial charge in [0.1, 0.15) is 6.10 Å². The molecule has 3 rings (SSSR count). The highest BCUT2D eigenvalue weighted by Gasteiger charge is 2.60. The molecule has 0 radical (unpaired) electrons. The molecular formula is C15H24O3. The molecule has 1 N–H and O–H groups in total. The molecule has 1 aliphatic heterocycles. The Hall–Kier alpha value is -0.570. The number of carbonyl (C=O) groups excluding carboxylic acids is 1. The number of fused-ring (bicyclic) bond motifs is 3. The van der Waals surface area contributed by atoms with Crippen LogP contribution in [0.4, 0.5) is 0 Å². The fourth-order valence-corrected chi connectivity index (χ4v) is 4.96. The maximum atomic E-state index is 11.8. The highest BCUT2D eigenvalue weighted by Crippen LogP contribution is 2.58. The quantitative estimate of drug-likeness (QED) is 0.674. The number of esters is 1. The van der Waals surface area contributed by atoms with Crippen LogP contribution >= 0.6 is 0 Å². The lowest BCUT2D eigenvalue weighted by Crippen LogP contribution is -2.57. The lowest BCUT2D eigenvalue weighted by molar-refractivity contribution is -0.181. The van der Waals surface area contributed by atoms with Crippen molar-refractivity contribution in [2.75, 3.05) is 0 Å². The van der Waals surface area contributed by atoms with Gasteiger partial charge in [-0.15, -0.1) is 0 Å². The summed E-state index contributed by atoms with van der Waals surface area (Å²) in [7, 11) is 0. The van der Waals surface area contributed by atoms with Gasteiger partial charge in [0.25, 0.3) is 0 Å². The molecule has 0 amide bonds. The molecule has 1 heterocycles. The highest BCUT2D eigenvalue weighted by atomic mass is 16.6. The van der Waals surface area contributed by atoms with E-state index in [1.807, 2.05) is 13.8 Å². The molecule has 0 aromatic heterocycles. The second-order valence-corrected chi connectivity index (χ2v) is 7.24. The molecule has 3 fully saturated rings. The summed E-state index contributed by atoms with van der Waals surface area (Å²) in [5.74, 6) is 0.388. The van der Waals surface area contributed by atoms with Crippen LogP contribution in [0, 0.1) is 23.2 Å². The molecule has 3 aliphatic rings. The molecule has 0 aromatic rings. The van der Waals surface area contributed by atoms with Crippen molar-refractivity contribution >= 4 is 5.97 Å². The maximum Gasteiger partial charge on any atom is 0.309 e. The van der Waals surface area contributed by atoms with Crippen LogP contribution in [0.3, 0.4) is 0 Å². The summed E-state index contributed by atoms with van der Waals surface area (Å²) in [5.41, 5.74) is -0.534. The monoisotopic (exact) mass is 252 g/mol. The Balaban J connectivity index is 1.98. The Kier molecular flexibility index (Phi) is 2.58. The summed E-state index contributed by atoms with van der Waals surface area (Å²) in [5, 5.41) is 10.8. The molecule has 2 aliphatic carbocycles. The first-order chi connectivity index (χ1) is 8.35. The summed E-state index contributed by atoms with van der Waals surface area (Å²) in [4.78, 5) is 11.8. The second-order valence-electron chi connectivity index (χ2n) is 7.24. The lowest BCUT2D eigenvalue weighted by Gasteiger charge is -2.55. The van der Waals surface area contributed by atoms with Crippen molar-refractivity contribution in [1.82, 2.24) is 0 Å². The number of rotatable bonds is 0. The first kappa shape index (κ1) is 12.5. The normalized spacial score (nSPS) is 55.7. The zero-order chi connectivity index (χ0) is 13.1. The van der Waals surface area contributed by atoms with E-state index < -0.39 is 5.60 Å². The van der Waals surface area contributed by atoms with E-state index in [-0.39, 0.29) is 29.3 Å². The van der Waals surface area contributed by atoms with Gasteiger partial charge < -0.3 is 9.84 Å². The first-order valence-corrected chi connectivity index (χ1v) is 7.28. The predicted molar refractivity (Wildman–Crippen MR) is 67.8 cm³/mol. The van der Waals surface area contributed by atoms with E-state index >= 15 is 0 Å². The molecule has 2 saturated carbocycles. The average molecular weight is 252 g/mol. The van der Waals surface area contributed by atoms with E-state index in [4.69, 9.17) is 4.74 Å². The molecule has 6 atom stereocenters. The van der Waals surface area contributed by atoms with Gasteiger partial charge >= 0.3 is 5.97 Å². The van der Waals surface area contributed by atoms with E-state index in [1.54, 1.807) is 0 Å². The van der Waals surface area contributed by atoms with Crippen molar-refractivity contribution in [3.63, 3.8) is 0 Å². The standard InChI is InChI=1S/C15H24O3/c1-9-10-5-8-14(2)6-4-7-15(3,17)12(14)11(10)18-13(9)16/h9-12,17H,4-8H2,1-3H3/t9-,10-,11-,12+,14+,15+/m0/s1. The van der Waals surface area contributed by atoms with Crippen molar-refractivity contribution in [3.05, 3.63) is 0 Å². The van der Waals surface area contributed by atoms with E-state index in [2.05, 4.69) is 6.92 Å². The van der Waals surface area contributed by atoms with Crippen LogP contribution in [0.15, 0.2) is 0 Å². The number of hydrogen-bond donors (Lipinski definition) is 1. The van der Waals surface area contributed by atoms with E-state index in [0.717, 1.165) is 32.1 Å². The van der Waals surface area contributed by atoms with E-state index in [0.29, 0.717) is 5.92 Å². The van der Waals surface area contributed by atoms with Crippen molar-refractivity contribution in [2.24, 2.45) is 23.2 Å². The second kappa shape index (κ2) is 3.72. The summed E-state index contributed by atoms with van der Waals surface area (Å²) < 4.78 is 5.65. The summed E-state index contributed by atoms with van der Waals surface area (Å²) in [6.07, 6.45) is 5.21. The smallest absolute Gasteiger partial charge is 0.309 e. The molecule has 1 saturated heterocycles. The van der Waals surface area contributed by atoms with Crippen LogP contribution in [-0.2, 0) is 9.53 Å². The topological polar surface area (TPSA) is 46.5 Å². The van der Waals surface area contributed by atoms with Crippen LogP contribution in [0.2, 0.25) is 0 Å². The summed E-state index contributed by atoms with van der Waals surface area (Å²) in [6.45, 7) is 6.19. The molecule has 3 nitrogen and oxygen atoms in total. The van der Waals surface area contributed by atoms with Crippen LogP contribution in [0.1, 0.15) is 52.9 Å². The van der Waals surface area contributed by atoms with Gasteiger partial charge in [0, 0.05) is 11.8 Å². The van der Waals surface area contributed by atoms with Crippen molar-refractivity contribution < 1.29 is 14.6 Å². The van der Waals surface area contributed by atoms with E-state index in [1.165, 1.54) is 0 Å². The van der Waals surface area contributed by atoms with E-state index in [9.17, 15) is 9.90 Å². The lowest BCUT2D eigenvalue weighted by atomic mass is 9.52. The Labute approximate surface area is 109 Å². The number of aliphatic hydroxyl groups is 1.